The number of carbonyl (C=O) groups is 3. The van der Waals surface area contributed by atoms with Crippen LogP contribution in [0, 0.1) is 17.8 Å². The number of likely N-dealkylation sites (tertiary alicyclic amines) is 2. The van der Waals surface area contributed by atoms with Crippen LogP contribution in [0.2, 0.25) is 0 Å². The van der Waals surface area contributed by atoms with E-state index in [1.165, 1.54) is 18.2 Å². The van der Waals surface area contributed by atoms with Crippen molar-refractivity contribution in [3.63, 3.8) is 0 Å². The molecule has 7 unspecified atom stereocenters. The number of nitrogens with zero attached hydrogens (tertiary/aromatic N) is 4. The fourth-order valence-corrected chi connectivity index (χ4v) is 10.8. The van der Waals surface area contributed by atoms with Gasteiger partial charge in [-0.2, -0.15) is 0 Å². The van der Waals surface area contributed by atoms with Crippen LogP contribution in [0.15, 0.2) is 73.1 Å². The molecule has 2 aromatic heterocycles. The number of amides is 3. The zero-order chi connectivity index (χ0) is 49.2. The van der Waals surface area contributed by atoms with Crippen LogP contribution in [0.5, 0.6) is 11.5 Å². The number of H-pyrrole nitrogens is 2. The van der Waals surface area contributed by atoms with Crippen molar-refractivity contribution in [2.24, 2.45) is 23.5 Å². The summed E-state index contributed by atoms with van der Waals surface area (Å²) in [5.74, 6) is 2.95. The predicted octanol–water partition coefficient (Wildman–Crippen LogP) is 9.37. The molecule has 5 aromatic rings. The van der Waals surface area contributed by atoms with Gasteiger partial charge in [0.05, 0.1) is 55.6 Å². The van der Waals surface area contributed by atoms with E-state index in [4.69, 9.17) is 34.6 Å². The van der Waals surface area contributed by atoms with E-state index in [0.29, 0.717) is 26.3 Å². The van der Waals surface area contributed by atoms with E-state index < -0.39 is 18.2 Å². The highest BCUT2D eigenvalue weighted by atomic mass is 16.5. The average Bonchev–Trinajstić information content (AvgIpc) is 4.21. The zero-order valence-corrected chi connectivity index (χ0v) is 41.5. The Bertz CT molecular complexity index is 2730. The van der Waals surface area contributed by atoms with Gasteiger partial charge in [-0.05, 0) is 96.4 Å². The molecule has 1 aliphatic carbocycles. The molecule has 15 heteroatoms. The molecule has 4 aliphatic rings. The lowest BCUT2D eigenvalue weighted by atomic mass is 9.78. The Morgan fingerprint density at radius 2 is 1.51 bits per heavy atom. The maximum Gasteiger partial charge on any atom is 0.407 e. The number of ether oxygens (including phenoxy) is 4. The van der Waals surface area contributed by atoms with Crippen molar-refractivity contribution in [2.45, 2.75) is 109 Å². The smallest absolute Gasteiger partial charge is 0.407 e. The minimum Gasteiger partial charge on any atom is -0.493 e. The molecule has 370 valence electrons. The molecule has 15 nitrogen and oxygen atoms in total. The van der Waals surface area contributed by atoms with Crippen LogP contribution < -0.4 is 20.5 Å². The van der Waals surface area contributed by atoms with E-state index in [2.05, 4.69) is 76.8 Å². The summed E-state index contributed by atoms with van der Waals surface area (Å²) in [7, 11) is 3.00. The second kappa shape index (κ2) is 20.9. The Morgan fingerprint density at radius 3 is 2.17 bits per heavy atom. The van der Waals surface area contributed by atoms with Crippen LogP contribution in [0.25, 0.3) is 34.2 Å². The van der Waals surface area contributed by atoms with E-state index in [1.807, 2.05) is 62.0 Å². The van der Waals surface area contributed by atoms with Gasteiger partial charge in [0.15, 0.2) is 0 Å². The van der Waals surface area contributed by atoms with Crippen molar-refractivity contribution < 1.29 is 33.3 Å². The molecule has 7 atom stereocenters. The van der Waals surface area contributed by atoms with Crippen LogP contribution >= 0.6 is 0 Å². The number of benzene rings is 3. The second-order valence-electron chi connectivity index (χ2n) is 20.1. The Balaban J connectivity index is 1.05. The number of nitrogens with one attached hydrogen (secondary N) is 3. The quantitative estimate of drug-likeness (QED) is 0.0736. The van der Waals surface area contributed by atoms with Crippen molar-refractivity contribution in [2.75, 3.05) is 40.5 Å². The van der Waals surface area contributed by atoms with E-state index in [0.717, 1.165) is 101 Å². The number of rotatable bonds is 15. The highest BCUT2D eigenvalue weighted by Crippen LogP contribution is 2.52. The van der Waals surface area contributed by atoms with Gasteiger partial charge in [0.1, 0.15) is 35.3 Å². The summed E-state index contributed by atoms with van der Waals surface area (Å²) in [5.41, 5.74) is 15.6. The van der Waals surface area contributed by atoms with Gasteiger partial charge in [0.25, 0.3) is 0 Å². The molecule has 3 aliphatic heterocycles. The Labute approximate surface area is 410 Å². The molecule has 2 fully saturated rings. The zero-order valence-electron chi connectivity index (χ0n) is 41.5. The van der Waals surface area contributed by atoms with Gasteiger partial charge in [0, 0.05) is 55.8 Å². The number of aromatic amines is 2. The first-order chi connectivity index (χ1) is 33.8. The van der Waals surface area contributed by atoms with Crippen molar-refractivity contribution in [1.82, 2.24) is 35.1 Å². The van der Waals surface area contributed by atoms with Gasteiger partial charge < -0.3 is 49.8 Å². The molecule has 0 radical (unpaired) electrons. The molecule has 0 spiro atoms. The number of imidazole rings is 2. The highest BCUT2D eigenvalue weighted by Gasteiger charge is 2.40. The van der Waals surface area contributed by atoms with Gasteiger partial charge in [-0.25, -0.2) is 14.8 Å². The Morgan fingerprint density at radius 1 is 0.843 bits per heavy atom. The highest BCUT2D eigenvalue weighted by molar-refractivity contribution is 5.89. The molecule has 70 heavy (non-hydrogen) atoms. The monoisotopic (exact) mass is 953 g/mol. The molecular formula is C55H68N8O7. The maximum atomic E-state index is 13.9. The molecule has 3 amide bonds. The number of methoxy groups -OCH3 is 2. The third-order valence-electron chi connectivity index (χ3n) is 14.8. The number of carbonyl (C=O) groups excluding carboxylic acids is 3. The van der Waals surface area contributed by atoms with Gasteiger partial charge in [-0.15, -0.1) is 0 Å². The molecule has 0 saturated carbocycles. The summed E-state index contributed by atoms with van der Waals surface area (Å²) < 4.78 is 23.6. The summed E-state index contributed by atoms with van der Waals surface area (Å²) in [5, 5.41) is 2.74. The summed E-state index contributed by atoms with van der Waals surface area (Å²) in [6.45, 7) is 12.5. The maximum absolute atomic E-state index is 13.9. The normalized spacial score (nSPS) is 21.6. The minimum absolute atomic E-state index is 0.0340. The van der Waals surface area contributed by atoms with E-state index >= 15 is 0 Å². The van der Waals surface area contributed by atoms with Crippen molar-refractivity contribution in [3.05, 3.63) is 107 Å². The first-order valence-corrected chi connectivity index (χ1v) is 25.0. The largest absolute Gasteiger partial charge is 0.493 e. The van der Waals surface area contributed by atoms with Crippen LogP contribution in [0.3, 0.4) is 0 Å². The summed E-state index contributed by atoms with van der Waals surface area (Å²) >= 11 is 0. The van der Waals surface area contributed by atoms with E-state index in [1.54, 1.807) is 7.11 Å². The molecule has 5 heterocycles. The van der Waals surface area contributed by atoms with Crippen LogP contribution in [-0.2, 0) is 19.1 Å². The Kier molecular flexibility index (Phi) is 14.5. The number of aromatic nitrogens is 4. The number of allylic oxidation sites excluding steroid dienone is 1. The lowest BCUT2D eigenvalue weighted by Crippen LogP contribution is -2.51. The third-order valence-corrected chi connectivity index (χ3v) is 14.8. The Hall–Kier alpha value is -6.45. The summed E-state index contributed by atoms with van der Waals surface area (Å²) in [4.78, 5) is 60.1. The van der Waals surface area contributed by atoms with E-state index in [9.17, 15) is 14.4 Å². The summed E-state index contributed by atoms with van der Waals surface area (Å²) in [6.07, 6.45) is 9.98. The molecule has 5 N–H and O–H groups in total. The molecule has 2 saturated heterocycles. The van der Waals surface area contributed by atoms with Crippen molar-refractivity contribution in [3.8, 4) is 34.0 Å². The number of hydrogen-bond donors (Lipinski definition) is 4. The lowest BCUT2D eigenvalue weighted by Gasteiger charge is -2.31. The van der Waals surface area contributed by atoms with Gasteiger partial charge in [0.2, 0.25) is 11.8 Å². The first-order valence-electron chi connectivity index (χ1n) is 25.0. The third kappa shape index (κ3) is 9.83. The SMILES string of the molecule is COCCCOc1cccc(C2Oc3cc(-c4cnc(C5CCCN5C(=O)C(N)C(C)C)[nH]4)ccc3C3=Cc4cc(-c5cnc(C6CCCN6C(=O)C(NC(=O)OC)C(C)C)[nH]5)ccc4C(C)C2C3)c1. The van der Waals surface area contributed by atoms with Crippen molar-refractivity contribution >= 4 is 29.6 Å². The van der Waals surface area contributed by atoms with Crippen LogP contribution in [0.1, 0.15) is 131 Å². The average molecular weight is 953 g/mol. The predicted molar refractivity (Wildman–Crippen MR) is 269 cm³/mol. The fraction of sp³-hybridized carbons (Fsp3) is 0.473. The number of fused-ring (bicyclic) bond motifs is 5. The fourth-order valence-electron chi connectivity index (χ4n) is 10.8. The number of nitrogens with two attached hydrogens (primary N) is 1. The summed E-state index contributed by atoms with van der Waals surface area (Å²) in [6, 6.07) is 19.7. The second-order valence-corrected chi connectivity index (χ2v) is 20.1. The molecular weight excluding hydrogens is 885 g/mol. The van der Waals surface area contributed by atoms with Gasteiger partial charge >= 0.3 is 6.09 Å². The standard InChI is InChI=1S/C55H68N8O7/c1-31(2)48(56)53(64)62-20-9-14-45(62)51-58-30-44(60-51)35-17-19-41-38-25-37-24-34(43-29-57-52(59-43)46-15-10-21-63(46)54(65)49(32(3)4)61-55(66)68-7)16-18-40(37)33(5)42(27-38)50(70-47(41)28-35)36-12-8-13-39(26-36)69-23-11-22-67-6/h8,12-13,16-19,24-26,28-33,42,45-46,48-50H,9-11,14-15,20-23,27,56H2,1-7H3,(H,57,59)(H,58,60)(H,61,66). The molecule has 2 bridgehead atoms. The number of hydrogen-bond acceptors (Lipinski definition) is 10. The van der Waals surface area contributed by atoms with Gasteiger partial charge in [-0.3, -0.25) is 9.59 Å². The van der Waals surface area contributed by atoms with Crippen LogP contribution in [0.4, 0.5) is 4.79 Å². The van der Waals surface area contributed by atoms with E-state index in [-0.39, 0.29) is 53.7 Å². The minimum atomic E-state index is -0.713. The first kappa shape index (κ1) is 48.6. The molecule has 9 rings (SSSR count). The lowest BCUT2D eigenvalue weighted by molar-refractivity contribution is -0.136. The van der Waals surface area contributed by atoms with Crippen molar-refractivity contribution in [1.29, 1.82) is 0 Å². The van der Waals surface area contributed by atoms with Gasteiger partial charge in [-0.1, -0.05) is 77.1 Å². The number of alkyl carbamates (subject to hydrolysis) is 1. The van der Waals surface area contributed by atoms with Crippen LogP contribution in [-0.4, -0.2) is 100 Å². The molecule has 3 aromatic carbocycles. The topological polar surface area (TPSA) is 190 Å².